The highest BCUT2D eigenvalue weighted by molar-refractivity contribution is 7.99. The minimum absolute atomic E-state index is 0.0204. The number of aryl methyl sites for hydroxylation is 1. The fourth-order valence-corrected chi connectivity index (χ4v) is 13.4. The molecule has 0 saturated heterocycles. The SMILES string of the molecule is CN1C(=O)[C@H](CO)NC(=O)[C@H](Cc2ccc(O)cc2)NC(=O)[C@@H](N)CC#CCSC[C@@H](C(=O)N(C)[C@@H](Cc2ccc(F)cc2)C(N)=O)N(C)C(=O)[C@H](C2CC2)NC(=O)[C@H](Cc2c[nH]c3ccccc23)NC(=O)[C@H](Cc2c[nH]c3ccc(O)cc23)NC(=O)[C@H](CO)N(C)C(=O)[C@@H]1CCc1ccccc1. The first-order valence-electron chi connectivity index (χ1n) is 33.6. The summed E-state index contributed by atoms with van der Waals surface area (Å²) in [6.07, 6.45) is 3.00. The molecule has 9 rings (SSSR count). The number of aromatic amines is 2. The average molecular weight is 1430 g/mol. The molecule has 10 atom stereocenters. The first kappa shape index (κ1) is 76.4. The van der Waals surface area contributed by atoms with Crippen LogP contribution in [0.4, 0.5) is 4.39 Å². The molecule has 29 heteroatoms. The Hall–Kier alpha value is -10.8. The summed E-state index contributed by atoms with van der Waals surface area (Å²) in [5.74, 6) is -4.65. The van der Waals surface area contributed by atoms with Crippen LogP contribution in [0.1, 0.15) is 53.5 Å². The molecule has 3 heterocycles. The summed E-state index contributed by atoms with van der Waals surface area (Å²) in [4.78, 5) is 158. The van der Waals surface area contributed by atoms with E-state index < -0.39 is 144 Å². The Morgan fingerprint density at radius 3 is 1.81 bits per heavy atom. The molecule has 0 bridgehead atoms. The minimum atomic E-state index is -1.80. The Morgan fingerprint density at radius 1 is 0.602 bits per heavy atom. The van der Waals surface area contributed by atoms with E-state index in [4.69, 9.17) is 11.5 Å². The number of benzene rings is 5. The highest BCUT2D eigenvalue weighted by Crippen LogP contribution is 2.34. The van der Waals surface area contributed by atoms with Gasteiger partial charge in [-0.1, -0.05) is 78.7 Å². The number of nitrogens with one attached hydrogen (secondary N) is 7. The molecule has 5 aromatic carbocycles. The quantitative estimate of drug-likeness (QED) is 0.0570. The number of H-pyrrole nitrogens is 2. The lowest BCUT2D eigenvalue weighted by atomic mass is 10.00. The van der Waals surface area contributed by atoms with Crippen molar-refractivity contribution in [2.24, 2.45) is 17.4 Å². The number of primary amides is 1. The number of amides is 10. The summed E-state index contributed by atoms with van der Waals surface area (Å²) in [6.45, 7) is -2.07. The number of rotatable bonds is 17. The Morgan fingerprint density at radius 2 is 1.17 bits per heavy atom. The van der Waals surface area contributed by atoms with Crippen molar-refractivity contribution in [2.75, 3.05) is 52.9 Å². The number of para-hydroxylation sites is 1. The average Bonchev–Trinajstić information content (AvgIpc) is 1.79. The first-order valence-corrected chi connectivity index (χ1v) is 34.8. The monoisotopic (exact) mass is 1430 g/mol. The standard InChI is InChI=1S/C74H86FN13O14S/c1-85-60(30-21-42-12-6-5-7-13-42)72(100)87(3)62(40-90)70(98)82-57(35-47-38-79-55-29-28-50(92)36-52(47)55)68(96)81-58(34-46-37-78-54-16-9-8-14-51(46)54)69(97)84-64(45-22-23-45)74(102)88(4)63(73(101)86(2)61(65(77)93)33-44-17-24-48(75)25-18-44)41-103-31-11-10-15-53(76)66(94)80-56(32-43-19-26-49(91)27-20-43)67(95)83-59(39-89)71(85)99/h5-9,12-14,16-20,24-29,36-38,45,53,56-64,78-79,89-92H,15,21-23,30-35,39-41,76H2,1-4H3,(H2,77,93)(H,80,94)(H,81,96)(H,82,98)(H,83,95)(H,84,97)/t53-,56-,57-,58-,59-,60-,61-,62-,63-,64-/m0/s1. The van der Waals surface area contributed by atoms with Gasteiger partial charge in [-0.05, 0) is 108 Å². The molecule has 15 N–H and O–H groups in total. The van der Waals surface area contributed by atoms with E-state index >= 15 is 28.8 Å². The zero-order valence-corrected chi connectivity index (χ0v) is 58.2. The minimum Gasteiger partial charge on any atom is -0.508 e. The number of phenols is 2. The number of phenolic OH excluding ortho intramolecular Hbond substituents is 2. The molecular formula is C74H86FN13O14S. The molecule has 1 fully saturated rings. The van der Waals surface area contributed by atoms with E-state index in [-0.39, 0.29) is 68.0 Å². The van der Waals surface area contributed by atoms with Crippen molar-refractivity contribution in [2.45, 2.75) is 118 Å². The van der Waals surface area contributed by atoms with Gasteiger partial charge >= 0.3 is 0 Å². The van der Waals surface area contributed by atoms with Crippen molar-refractivity contribution < 1.29 is 72.8 Å². The van der Waals surface area contributed by atoms with Gasteiger partial charge in [0.2, 0.25) is 59.1 Å². The van der Waals surface area contributed by atoms with E-state index in [1.807, 2.05) is 6.07 Å². The second-order valence-electron chi connectivity index (χ2n) is 25.9. The molecule has 544 valence electrons. The molecule has 27 nitrogen and oxygen atoms in total. The van der Waals surface area contributed by atoms with E-state index in [1.165, 1.54) is 88.9 Å². The summed E-state index contributed by atoms with van der Waals surface area (Å²) in [6, 6.07) is 16.4. The number of halogens is 1. The van der Waals surface area contributed by atoms with Crippen LogP contribution in [-0.2, 0) is 80.0 Å². The number of carbonyl (C=O) groups is 10. The number of fused-ring (bicyclic) bond motifs is 2. The number of aromatic hydroxyl groups is 2. The smallest absolute Gasteiger partial charge is 0.247 e. The zero-order valence-electron chi connectivity index (χ0n) is 57.3. The molecule has 2 aliphatic rings. The molecule has 0 spiro atoms. The Balaban J connectivity index is 1.11. The van der Waals surface area contributed by atoms with Crippen molar-refractivity contribution in [3.8, 4) is 23.3 Å². The number of hydrogen-bond acceptors (Lipinski definition) is 16. The third kappa shape index (κ3) is 19.6. The van der Waals surface area contributed by atoms with Gasteiger partial charge in [-0.2, -0.15) is 0 Å². The first-order chi connectivity index (χ1) is 49.3. The number of thioether (sulfide) groups is 1. The largest absolute Gasteiger partial charge is 0.508 e. The van der Waals surface area contributed by atoms with Crippen LogP contribution in [0.25, 0.3) is 21.8 Å². The van der Waals surface area contributed by atoms with Crippen molar-refractivity contribution in [3.63, 3.8) is 0 Å². The van der Waals surface area contributed by atoms with Gasteiger partial charge in [0.05, 0.1) is 25.0 Å². The van der Waals surface area contributed by atoms with Gasteiger partial charge in [-0.3, -0.25) is 47.9 Å². The lowest BCUT2D eigenvalue weighted by Crippen LogP contribution is -2.62. The number of hydrogen-bond donors (Lipinski definition) is 13. The fraction of sp³-hybridized carbons (Fsp3) is 0.378. The van der Waals surface area contributed by atoms with Crippen LogP contribution >= 0.6 is 11.8 Å². The number of carbonyl (C=O) groups excluding carboxylic acids is 10. The van der Waals surface area contributed by atoms with E-state index in [1.54, 1.807) is 67.0 Å². The van der Waals surface area contributed by atoms with E-state index in [9.17, 15) is 44.0 Å². The number of nitrogens with two attached hydrogens (primary N) is 2. The lowest BCUT2D eigenvalue weighted by molar-refractivity contribution is -0.150. The van der Waals surface area contributed by atoms with Crippen LogP contribution in [-0.4, -0.2) is 222 Å². The highest BCUT2D eigenvalue weighted by Gasteiger charge is 2.45. The van der Waals surface area contributed by atoms with Gasteiger partial charge in [0, 0.05) is 100 Å². The van der Waals surface area contributed by atoms with Crippen molar-refractivity contribution in [1.29, 1.82) is 0 Å². The maximum absolute atomic E-state index is 15.5. The van der Waals surface area contributed by atoms with Gasteiger partial charge in [0.15, 0.2) is 0 Å². The normalized spacial score (nSPS) is 22.6. The maximum Gasteiger partial charge on any atom is 0.247 e. The van der Waals surface area contributed by atoms with Crippen LogP contribution in [0.2, 0.25) is 0 Å². The summed E-state index contributed by atoms with van der Waals surface area (Å²) < 4.78 is 14.1. The molecule has 0 radical (unpaired) electrons. The molecule has 7 aromatic rings. The number of aliphatic hydroxyl groups excluding tert-OH is 2. The van der Waals surface area contributed by atoms with Gasteiger partial charge in [-0.15, -0.1) is 17.7 Å². The Labute approximate surface area is 598 Å². The summed E-state index contributed by atoms with van der Waals surface area (Å²) >= 11 is 1.10. The number of aromatic nitrogens is 2. The van der Waals surface area contributed by atoms with Gasteiger partial charge < -0.3 is 88.0 Å². The van der Waals surface area contributed by atoms with Crippen molar-refractivity contribution in [3.05, 3.63) is 167 Å². The number of likely N-dealkylation sites (N-methyl/N-ethyl adjacent to an activating group) is 4. The van der Waals surface area contributed by atoms with Crippen LogP contribution in [0.3, 0.4) is 0 Å². The maximum atomic E-state index is 15.5. The zero-order chi connectivity index (χ0) is 74.2. The summed E-state index contributed by atoms with van der Waals surface area (Å²) in [5.41, 5.74) is 16.2. The third-order valence-corrected chi connectivity index (χ3v) is 19.7. The molecule has 103 heavy (non-hydrogen) atoms. The van der Waals surface area contributed by atoms with E-state index in [2.05, 4.69) is 48.4 Å². The summed E-state index contributed by atoms with van der Waals surface area (Å²) in [7, 11) is 5.16. The molecule has 1 saturated carbocycles. The Kier molecular flexibility index (Phi) is 26.1. The molecule has 2 aromatic heterocycles. The number of nitrogens with zero attached hydrogens (tertiary/aromatic N) is 4. The van der Waals surface area contributed by atoms with Crippen LogP contribution < -0.4 is 38.1 Å². The Bertz CT molecular complexity index is 4280. The van der Waals surface area contributed by atoms with E-state index in [0.717, 1.165) is 36.9 Å². The molecular weight excluding hydrogens is 1350 g/mol. The number of aliphatic hydroxyl groups is 2. The van der Waals surface area contributed by atoms with Crippen LogP contribution in [0.5, 0.6) is 11.5 Å². The van der Waals surface area contributed by atoms with Crippen LogP contribution in [0, 0.1) is 23.6 Å². The van der Waals surface area contributed by atoms with Gasteiger partial charge in [0.1, 0.15) is 71.7 Å². The fourth-order valence-electron chi connectivity index (χ4n) is 12.4. The lowest BCUT2D eigenvalue weighted by Gasteiger charge is -2.36. The molecule has 10 amide bonds. The topological polar surface area (TPSA) is 408 Å². The van der Waals surface area contributed by atoms with Gasteiger partial charge in [0.25, 0.3) is 0 Å². The highest BCUT2D eigenvalue weighted by atomic mass is 32.2. The predicted octanol–water partition coefficient (Wildman–Crippen LogP) is 1.18. The third-order valence-electron chi connectivity index (χ3n) is 18.8. The second kappa shape index (κ2) is 35.2. The van der Waals surface area contributed by atoms with Crippen LogP contribution in [0.15, 0.2) is 134 Å². The molecule has 0 unspecified atom stereocenters. The molecule has 1 aliphatic heterocycles. The van der Waals surface area contributed by atoms with Crippen molar-refractivity contribution in [1.82, 2.24) is 56.2 Å². The van der Waals surface area contributed by atoms with E-state index in [0.29, 0.717) is 56.9 Å². The second-order valence-corrected chi connectivity index (χ2v) is 26.9. The predicted molar refractivity (Wildman–Crippen MR) is 382 cm³/mol. The van der Waals surface area contributed by atoms with Crippen molar-refractivity contribution >= 4 is 92.6 Å². The molecule has 1 aliphatic carbocycles. The van der Waals surface area contributed by atoms with Gasteiger partial charge in [-0.25, -0.2) is 4.39 Å². The summed E-state index contributed by atoms with van der Waals surface area (Å²) in [5, 5.41) is 57.6.